The minimum Gasteiger partial charge on any atom is -0.464 e. The molecule has 4 N–H and O–H groups in total. The van der Waals surface area contributed by atoms with Crippen LogP contribution in [-0.4, -0.2) is 41.8 Å². The Morgan fingerprint density at radius 1 is 1.11 bits per heavy atom. The number of alkyl halides is 3. The number of carbonyl (C=O) groups excluding carboxylic acids is 1. The van der Waals surface area contributed by atoms with Crippen molar-refractivity contribution in [2.45, 2.75) is 47.4 Å². The van der Waals surface area contributed by atoms with Gasteiger partial charge < -0.3 is 20.4 Å². The van der Waals surface area contributed by atoms with Crippen molar-refractivity contribution in [2.24, 2.45) is 0 Å². The van der Waals surface area contributed by atoms with Gasteiger partial charge in [-0.1, -0.05) is 50.5 Å². The third-order valence-electron chi connectivity index (χ3n) is 4.37. The lowest BCUT2D eigenvalue weighted by molar-refractivity contribution is -0.137. The van der Waals surface area contributed by atoms with E-state index in [1.165, 1.54) is 26.2 Å². The quantitative estimate of drug-likeness (QED) is 0.268. The highest BCUT2D eigenvalue weighted by atomic mass is 19.4. The van der Waals surface area contributed by atoms with Crippen molar-refractivity contribution >= 4 is 17.4 Å². The maximum absolute atomic E-state index is 12.8. The van der Waals surface area contributed by atoms with E-state index >= 15 is 0 Å². The summed E-state index contributed by atoms with van der Waals surface area (Å²) in [6, 6.07) is 8.98. The summed E-state index contributed by atoms with van der Waals surface area (Å²) in [5.41, 5.74) is 0.954. The predicted molar refractivity (Wildman–Crippen MR) is 132 cm³/mol. The van der Waals surface area contributed by atoms with Crippen LogP contribution in [0.5, 0.6) is 0 Å². The van der Waals surface area contributed by atoms with Crippen LogP contribution in [0.3, 0.4) is 0 Å². The number of aliphatic hydroxyl groups excluding tert-OH is 2. The molecule has 2 aromatic rings. The molecule has 0 spiro atoms. The lowest BCUT2D eigenvalue weighted by atomic mass is 9.99. The van der Waals surface area contributed by atoms with Crippen molar-refractivity contribution in [2.75, 3.05) is 14.2 Å². The summed E-state index contributed by atoms with van der Waals surface area (Å²) in [6.07, 6.45) is -3.87. The van der Waals surface area contributed by atoms with E-state index in [0.29, 0.717) is 23.1 Å². The molecular weight excluding hydrogens is 461 g/mol. The molecule has 0 aliphatic rings. The lowest BCUT2D eigenvalue weighted by Crippen LogP contribution is -2.18. The molecule has 0 aliphatic heterocycles. The number of rotatable bonds is 4. The van der Waals surface area contributed by atoms with Gasteiger partial charge in [0.2, 0.25) is 0 Å². The number of halogens is 3. The highest BCUT2D eigenvalue weighted by Gasteiger charge is 2.33. The summed E-state index contributed by atoms with van der Waals surface area (Å²) >= 11 is 0. The monoisotopic (exact) mass is 494 g/mol. The van der Waals surface area contributed by atoms with Gasteiger partial charge in [0.05, 0.1) is 19.3 Å². The first-order chi connectivity index (χ1) is 16.0. The molecule has 0 atom stereocenters. The number of benzene rings is 2. The number of nitrogens with one attached hydrogen (secondary N) is 2. The summed E-state index contributed by atoms with van der Waals surface area (Å²) in [7, 11) is 2.23. The van der Waals surface area contributed by atoms with E-state index in [9.17, 15) is 18.0 Å². The van der Waals surface area contributed by atoms with Crippen LogP contribution in [0.4, 0.5) is 13.2 Å². The van der Waals surface area contributed by atoms with Crippen molar-refractivity contribution in [1.29, 1.82) is 10.8 Å². The van der Waals surface area contributed by atoms with Crippen LogP contribution >= 0.6 is 0 Å². The second kappa shape index (κ2) is 16.2. The Hall–Kier alpha value is -3.48. The molecule has 2 rings (SSSR count). The highest BCUT2D eigenvalue weighted by molar-refractivity contribution is 6.42. The number of ether oxygens (including phenoxy) is 1. The predicted octanol–water partition coefficient (Wildman–Crippen LogP) is 5.13. The second-order valence-corrected chi connectivity index (χ2v) is 6.66. The molecule has 0 bridgehead atoms. The van der Waals surface area contributed by atoms with Crippen molar-refractivity contribution in [3.05, 3.63) is 69.8 Å². The van der Waals surface area contributed by atoms with E-state index in [2.05, 4.69) is 16.6 Å². The number of aryl methyl sites for hydroxylation is 1. The molecule has 0 aromatic heterocycles. The van der Waals surface area contributed by atoms with Gasteiger partial charge in [0.1, 0.15) is 5.71 Å². The SMILES string of the molecule is C.CCC#Cc1ccc(C(C)=N)c(C(F)(F)F)c1.CO.COC(=O)C(=N)c1cccc(C)c1CO. The minimum absolute atomic E-state index is 0. The third kappa shape index (κ3) is 10.1. The first kappa shape index (κ1) is 33.7. The van der Waals surface area contributed by atoms with E-state index in [4.69, 9.17) is 21.0 Å². The summed E-state index contributed by atoms with van der Waals surface area (Å²) in [5, 5.41) is 31.1. The van der Waals surface area contributed by atoms with Crippen LogP contribution in [0, 0.1) is 29.6 Å². The Morgan fingerprint density at radius 2 is 1.71 bits per heavy atom. The molecule has 192 valence electrons. The number of methoxy groups -OCH3 is 1. The molecule has 0 fully saturated rings. The molecule has 0 saturated heterocycles. The molecule has 0 saturated carbocycles. The van der Waals surface area contributed by atoms with E-state index in [1.54, 1.807) is 12.1 Å². The Morgan fingerprint density at radius 3 is 2.17 bits per heavy atom. The van der Waals surface area contributed by atoms with Crippen LogP contribution in [0.15, 0.2) is 36.4 Å². The Kier molecular flexibility index (Phi) is 15.6. The van der Waals surface area contributed by atoms with Gasteiger partial charge in [-0.25, -0.2) is 4.79 Å². The fourth-order valence-corrected chi connectivity index (χ4v) is 2.73. The fourth-order valence-electron chi connectivity index (χ4n) is 2.73. The fraction of sp³-hybridized carbons (Fsp3) is 0.346. The zero-order chi connectivity index (χ0) is 26.5. The van der Waals surface area contributed by atoms with E-state index in [1.807, 2.05) is 19.9 Å². The van der Waals surface area contributed by atoms with E-state index < -0.39 is 17.7 Å². The molecule has 2 aromatic carbocycles. The lowest BCUT2D eigenvalue weighted by Gasteiger charge is -2.12. The largest absolute Gasteiger partial charge is 0.464 e. The molecular formula is C26H33F3N2O4. The van der Waals surface area contributed by atoms with Crippen molar-refractivity contribution in [1.82, 2.24) is 0 Å². The summed E-state index contributed by atoms with van der Waals surface area (Å²) in [4.78, 5) is 11.2. The smallest absolute Gasteiger partial charge is 0.417 e. The number of hydrogen-bond acceptors (Lipinski definition) is 6. The standard InChI is InChI=1S/C13H12F3N.C11H13NO3.CH4O.CH4/c1-3-4-5-10-6-7-11(9(2)17)12(8-10)13(14,15)16;1-7-4-3-5-8(9(7)6-13)10(12)11(14)15-2;1-2;/h6-8,17H,3H2,1-2H3;3-5,12-13H,6H2,1-2H3;2H,1H3;1H4. The zero-order valence-corrected chi connectivity index (χ0v) is 19.7. The number of esters is 1. The van der Waals surface area contributed by atoms with Gasteiger partial charge in [-0.05, 0) is 37.1 Å². The average Bonchev–Trinajstić information content (AvgIpc) is 2.82. The van der Waals surface area contributed by atoms with Crippen LogP contribution in [-0.2, 0) is 22.3 Å². The number of carbonyl (C=O) groups is 1. The Balaban J connectivity index is 0. The van der Waals surface area contributed by atoms with Gasteiger partial charge in [0.15, 0.2) is 0 Å². The van der Waals surface area contributed by atoms with Crippen LogP contribution in [0.1, 0.15) is 61.1 Å². The summed E-state index contributed by atoms with van der Waals surface area (Å²) in [6.45, 7) is 4.79. The second-order valence-electron chi connectivity index (χ2n) is 6.66. The normalized spacial score (nSPS) is 9.54. The first-order valence-corrected chi connectivity index (χ1v) is 10.0. The van der Waals surface area contributed by atoms with E-state index in [-0.39, 0.29) is 31.0 Å². The third-order valence-corrected chi connectivity index (χ3v) is 4.37. The van der Waals surface area contributed by atoms with Gasteiger partial charge in [-0.3, -0.25) is 5.41 Å². The van der Waals surface area contributed by atoms with Crippen molar-refractivity contribution < 1.29 is 32.9 Å². The van der Waals surface area contributed by atoms with Crippen LogP contribution in [0.25, 0.3) is 0 Å². The maximum Gasteiger partial charge on any atom is 0.417 e. The summed E-state index contributed by atoms with van der Waals surface area (Å²) < 4.78 is 42.8. The average molecular weight is 495 g/mol. The molecule has 0 unspecified atom stereocenters. The topological polar surface area (TPSA) is 114 Å². The van der Waals surface area contributed by atoms with Gasteiger partial charge in [0, 0.05) is 35.9 Å². The Labute approximate surface area is 204 Å². The first-order valence-electron chi connectivity index (χ1n) is 10.0. The molecule has 6 nitrogen and oxygen atoms in total. The van der Waals surface area contributed by atoms with Gasteiger partial charge >= 0.3 is 12.1 Å². The van der Waals surface area contributed by atoms with Gasteiger partial charge in [0.25, 0.3) is 0 Å². The maximum atomic E-state index is 12.8. The minimum atomic E-state index is -4.46. The van der Waals surface area contributed by atoms with Crippen molar-refractivity contribution in [3.63, 3.8) is 0 Å². The molecule has 9 heteroatoms. The van der Waals surface area contributed by atoms with Crippen LogP contribution in [0.2, 0.25) is 0 Å². The zero-order valence-electron chi connectivity index (χ0n) is 19.7. The van der Waals surface area contributed by atoms with E-state index in [0.717, 1.165) is 18.7 Å². The van der Waals surface area contributed by atoms with Gasteiger partial charge in [-0.15, -0.1) is 0 Å². The molecule has 0 radical (unpaired) electrons. The van der Waals surface area contributed by atoms with Crippen molar-refractivity contribution in [3.8, 4) is 11.8 Å². The molecule has 0 amide bonds. The van der Waals surface area contributed by atoms with Crippen LogP contribution < -0.4 is 0 Å². The summed E-state index contributed by atoms with van der Waals surface area (Å²) in [5.74, 6) is 4.67. The molecule has 0 heterocycles. The molecule has 35 heavy (non-hydrogen) atoms. The number of aliphatic hydroxyl groups is 2. The highest BCUT2D eigenvalue weighted by Crippen LogP contribution is 2.32. The Bertz CT molecular complexity index is 1070. The van der Waals surface area contributed by atoms with Gasteiger partial charge in [-0.2, -0.15) is 13.2 Å². The number of hydrogen-bond donors (Lipinski definition) is 4. The molecule has 0 aliphatic carbocycles.